The quantitative estimate of drug-likeness (QED) is 0.372. The molecular formula is C22H25Cl2NO3S. The minimum absolute atomic E-state index is 0.0304. The SMILES string of the molecule is CC(C)C(C(=O)O)(C(C)C=C(Cl)Cl)C(NS)c1cccc(Oc2ccccc2)c1. The van der Waals surface area contributed by atoms with E-state index in [4.69, 9.17) is 27.9 Å². The minimum atomic E-state index is -1.26. The van der Waals surface area contributed by atoms with Crippen LogP contribution in [0, 0.1) is 17.3 Å². The summed E-state index contributed by atoms with van der Waals surface area (Å²) >= 11 is 16.0. The molecular weight excluding hydrogens is 429 g/mol. The molecule has 0 fully saturated rings. The fourth-order valence-electron chi connectivity index (χ4n) is 3.85. The molecule has 2 rings (SSSR count). The fraction of sp³-hybridized carbons (Fsp3) is 0.318. The number of thiol groups is 1. The zero-order valence-corrected chi connectivity index (χ0v) is 18.9. The number of para-hydroxylation sites is 1. The highest BCUT2D eigenvalue weighted by molar-refractivity contribution is 7.78. The van der Waals surface area contributed by atoms with Crippen molar-refractivity contribution in [2.75, 3.05) is 0 Å². The number of nitrogens with one attached hydrogen (secondary N) is 1. The molecule has 0 aromatic heterocycles. The Labute approximate surface area is 187 Å². The van der Waals surface area contributed by atoms with Gasteiger partial charge in [0.1, 0.15) is 16.0 Å². The van der Waals surface area contributed by atoms with Crippen LogP contribution in [0.2, 0.25) is 0 Å². The number of carboxylic acid groups (broad SMARTS) is 1. The monoisotopic (exact) mass is 453 g/mol. The van der Waals surface area contributed by atoms with E-state index in [0.29, 0.717) is 11.5 Å². The van der Waals surface area contributed by atoms with Gasteiger partial charge in [-0.05, 0) is 41.7 Å². The van der Waals surface area contributed by atoms with Gasteiger partial charge >= 0.3 is 5.97 Å². The van der Waals surface area contributed by atoms with Gasteiger partial charge in [0.15, 0.2) is 0 Å². The van der Waals surface area contributed by atoms with Gasteiger partial charge in [0.05, 0.1) is 11.5 Å². The second kappa shape index (κ2) is 10.4. The normalized spacial score (nSPS) is 15.3. The molecule has 0 aliphatic rings. The summed E-state index contributed by atoms with van der Waals surface area (Å²) in [4.78, 5) is 12.6. The van der Waals surface area contributed by atoms with E-state index in [-0.39, 0.29) is 10.4 Å². The number of ether oxygens (including phenoxy) is 1. The van der Waals surface area contributed by atoms with Crippen LogP contribution in [0.3, 0.4) is 0 Å². The Balaban J connectivity index is 2.54. The summed E-state index contributed by atoms with van der Waals surface area (Å²) in [5.74, 6) is -0.412. The van der Waals surface area contributed by atoms with E-state index in [1.807, 2.05) is 68.4 Å². The number of carboxylic acids is 1. The van der Waals surface area contributed by atoms with E-state index >= 15 is 0 Å². The van der Waals surface area contributed by atoms with Gasteiger partial charge in [-0.3, -0.25) is 9.52 Å². The third kappa shape index (κ3) is 5.28. The summed E-state index contributed by atoms with van der Waals surface area (Å²) in [5, 5.41) is 10.3. The Kier molecular flexibility index (Phi) is 8.46. The van der Waals surface area contributed by atoms with Crippen molar-refractivity contribution in [3.63, 3.8) is 0 Å². The first-order valence-electron chi connectivity index (χ1n) is 9.22. The van der Waals surface area contributed by atoms with Crippen molar-refractivity contribution in [1.82, 2.24) is 4.72 Å². The van der Waals surface area contributed by atoms with Crippen molar-refractivity contribution < 1.29 is 14.6 Å². The summed E-state index contributed by atoms with van der Waals surface area (Å²) in [5.41, 5.74) is -0.530. The first kappa shape index (κ1) is 23.6. The highest BCUT2D eigenvalue weighted by Gasteiger charge is 2.52. The van der Waals surface area contributed by atoms with Crippen LogP contribution >= 0.6 is 36.0 Å². The van der Waals surface area contributed by atoms with Gasteiger partial charge in [-0.1, -0.05) is 93.2 Å². The van der Waals surface area contributed by atoms with Gasteiger partial charge in [0.2, 0.25) is 0 Å². The van der Waals surface area contributed by atoms with Gasteiger partial charge < -0.3 is 9.84 Å². The molecule has 3 unspecified atom stereocenters. The number of rotatable bonds is 9. The maximum absolute atomic E-state index is 12.6. The van der Waals surface area contributed by atoms with Crippen molar-refractivity contribution in [2.45, 2.75) is 26.8 Å². The average molecular weight is 454 g/mol. The Bertz CT molecular complexity index is 856. The first-order valence-corrected chi connectivity index (χ1v) is 10.4. The lowest BCUT2D eigenvalue weighted by Gasteiger charge is -2.43. The molecule has 29 heavy (non-hydrogen) atoms. The highest BCUT2D eigenvalue weighted by Crippen LogP contribution is 2.49. The Morgan fingerprint density at radius 2 is 1.72 bits per heavy atom. The molecule has 2 N–H and O–H groups in total. The number of allylic oxidation sites excluding steroid dienone is 1. The predicted octanol–water partition coefficient (Wildman–Crippen LogP) is 6.64. The third-order valence-electron chi connectivity index (χ3n) is 5.23. The molecule has 156 valence electrons. The standard InChI is InChI=1S/C22H25Cl2NO3S/c1-14(2)22(21(26)27,15(3)12-19(23)24)20(25-29)16-8-7-11-18(13-16)28-17-9-5-4-6-10-17/h4-15,20,25,29H,1-3H3,(H,26,27). The van der Waals surface area contributed by atoms with Crippen molar-refractivity contribution >= 4 is 42.0 Å². The molecule has 0 radical (unpaired) electrons. The average Bonchev–Trinajstić information content (AvgIpc) is 2.65. The number of benzene rings is 2. The van der Waals surface area contributed by atoms with Crippen LogP contribution in [0.25, 0.3) is 0 Å². The van der Waals surface area contributed by atoms with Gasteiger partial charge in [-0.2, -0.15) is 0 Å². The van der Waals surface area contributed by atoms with Crippen LogP contribution < -0.4 is 9.46 Å². The maximum atomic E-state index is 12.6. The molecule has 0 saturated carbocycles. The smallest absolute Gasteiger partial charge is 0.312 e. The summed E-state index contributed by atoms with van der Waals surface area (Å²) in [6, 6.07) is 16.1. The van der Waals surface area contributed by atoms with Crippen LogP contribution in [-0.2, 0) is 4.79 Å². The van der Waals surface area contributed by atoms with Crippen molar-refractivity contribution in [1.29, 1.82) is 0 Å². The first-order chi connectivity index (χ1) is 13.7. The van der Waals surface area contributed by atoms with Crippen LogP contribution in [-0.4, -0.2) is 11.1 Å². The molecule has 7 heteroatoms. The third-order valence-corrected chi connectivity index (χ3v) is 5.74. The number of aliphatic carboxylic acids is 1. The van der Waals surface area contributed by atoms with Gasteiger partial charge in [0.25, 0.3) is 0 Å². The number of carbonyl (C=O) groups is 1. The van der Waals surface area contributed by atoms with Crippen LogP contribution in [0.15, 0.2) is 65.2 Å². The second-order valence-electron chi connectivity index (χ2n) is 7.19. The van der Waals surface area contributed by atoms with Crippen molar-refractivity contribution in [3.8, 4) is 11.5 Å². The van der Waals surface area contributed by atoms with E-state index in [1.165, 1.54) is 0 Å². The minimum Gasteiger partial charge on any atom is -0.481 e. The lowest BCUT2D eigenvalue weighted by atomic mass is 9.62. The van der Waals surface area contributed by atoms with Crippen LogP contribution in [0.1, 0.15) is 32.4 Å². The van der Waals surface area contributed by atoms with E-state index in [2.05, 4.69) is 17.5 Å². The molecule has 4 nitrogen and oxygen atoms in total. The van der Waals surface area contributed by atoms with Crippen LogP contribution in [0.5, 0.6) is 11.5 Å². The number of halogens is 2. The van der Waals surface area contributed by atoms with Gasteiger partial charge in [-0.25, -0.2) is 0 Å². The fourth-order valence-corrected chi connectivity index (χ4v) is 4.59. The van der Waals surface area contributed by atoms with Gasteiger partial charge in [-0.15, -0.1) is 0 Å². The lowest BCUT2D eigenvalue weighted by molar-refractivity contribution is -0.157. The van der Waals surface area contributed by atoms with Gasteiger partial charge in [0, 0.05) is 0 Å². The zero-order valence-electron chi connectivity index (χ0n) is 16.5. The zero-order chi connectivity index (χ0) is 21.6. The molecule has 0 bridgehead atoms. The number of hydrogen-bond donors (Lipinski definition) is 3. The molecule has 0 heterocycles. The van der Waals surface area contributed by atoms with E-state index < -0.39 is 23.3 Å². The predicted molar refractivity (Wildman–Crippen MR) is 122 cm³/mol. The Morgan fingerprint density at radius 3 is 2.24 bits per heavy atom. The van der Waals surface area contributed by atoms with Crippen LogP contribution in [0.4, 0.5) is 0 Å². The van der Waals surface area contributed by atoms with Crippen molar-refractivity contribution in [2.24, 2.45) is 17.3 Å². The van der Waals surface area contributed by atoms with E-state index in [9.17, 15) is 9.90 Å². The van der Waals surface area contributed by atoms with E-state index in [1.54, 1.807) is 13.0 Å². The molecule has 2 aromatic carbocycles. The maximum Gasteiger partial charge on any atom is 0.312 e. The summed E-state index contributed by atoms with van der Waals surface area (Å²) in [7, 11) is 0. The summed E-state index contributed by atoms with van der Waals surface area (Å²) < 4.78 is 8.86. The summed E-state index contributed by atoms with van der Waals surface area (Å²) in [6.45, 7) is 5.52. The second-order valence-corrected chi connectivity index (χ2v) is 8.45. The molecule has 2 aromatic rings. The Hall–Kier alpha value is -1.66. The highest BCUT2D eigenvalue weighted by atomic mass is 35.5. The number of hydrogen-bond acceptors (Lipinski definition) is 4. The molecule has 0 aliphatic carbocycles. The largest absolute Gasteiger partial charge is 0.481 e. The lowest BCUT2D eigenvalue weighted by Crippen LogP contribution is -2.50. The van der Waals surface area contributed by atoms with Crippen molar-refractivity contribution in [3.05, 3.63) is 70.7 Å². The summed E-state index contributed by atoms with van der Waals surface area (Å²) in [6.07, 6.45) is 1.56. The van der Waals surface area contributed by atoms with E-state index in [0.717, 1.165) is 5.56 Å². The molecule has 0 aliphatic heterocycles. The topological polar surface area (TPSA) is 58.6 Å². The molecule has 0 spiro atoms. The Morgan fingerprint density at radius 1 is 1.10 bits per heavy atom. The molecule has 3 atom stereocenters. The molecule has 0 amide bonds. The molecule has 0 saturated heterocycles.